The molecule has 0 aliphatic rings. The lowest BCUT2D eigenvalue weighted by atomic mass is 9.88. The van der Waals surface area contributed by atoms with Gasteiger partial charge < -0.3 is 9.64 Å². The van der Waals surface area contributed by atoms with Crippen molar-refractivity contribution in [2.45, 2.75) is 272 Å². The Kier molecular flexibility index (Phi) is 42.2. The van der Waals surface area contributed by atoms with Crippen molar-refractivity contribution < 1.29 is 9.53 Å². The van der Waals surface area contributed by atoms with Gasteiger partial charge in [-0.1, -0.05) is 226 Å². The maximum Gasteiger partial charge on any atom is 0.132 e. The molecular weight excluding hydrogens is 695 g/mol. The van der Waals surface area contributed by atoms with Gasteiger partial charge in [0.2, 0.25) is 0 Å². The molecule has 0 amide bonds. The maximum absolute atomic E-state index is 12.6. The van der Waals surface area contributed by atoms with E-state index in [9.17, 15) is 4.79 Å². The number of ketones is 1. The van der Waals surface area contributed by atoms with E-state index in [1.54, 1.807) is 0 Å². The third-order valence-electron chi connectivity index (χ3n) is 12.9. The van der Waals surface area contributed by atoms with Crippen LogP contribution in [-0.4, -0.2) is 37.9 Å². The van der Waals surface area contributed by atoms with Gasteiger partial charge in [0.1, 0.15) is 5.78 Å². The maximum atomic E-state index is 12.6. The summed E-state index contributed by atoms with van der Waals surface area (Å²) in [5.74, 6) is 4.05. The second-order valence-corrected chi connectivity index (χ2v) is 19.0. The van der Waals surface area contributed by atoms with E-state index in [1.165, 1.54) is 217 Å². The van der Waals surface area contributed by atoms with Crippen LogP contribution < -0.4 is 0 Å². The van der Waals surface area contributed by atoms with Crippen LogP contribution in [0.15, 0.2) is 24.5 Å². The third-order valence-corrected chi connectivity index (χ3v) is 12.9. The minimum Gasteiger partial charge on any atom is -0.499 e. The van der Waals surface area contributed by atoms with E-state index < -0.39 is 0 Å². The summed E-state index contributed by atoms with van der Waals surface area (Å²) in [6.45, 7) is 20.0. The fourth-order valence-electron chi connectivity index (χ4n) is 9.00. The Morgan fingerprint density at radius 3 is 1.28 bits per heavy atom. The van der Waals surface area contributed by atoms with Gasteiger partial charge in [0.05, 0.1) is 12.4 Å². The summed E-state index contributed by atoms with van der Waals surface area (Å²) in [4.78, 5) is 14.9. The summed E-state index contributed by atoms with van der Waals surface area (Å²) in [5.41, 5.74) is 1.47. The second-order valence-electron chi connectivity index (χ2n) is 19.0. The van der Waals surface area contributed by atoms with Gasteiger partial charge >= 0.3 is 0 Å². The van der Waals surface area contributed by atoms with Crippen molar-refractivity contribution in [3.63, 3.8) is 0 Å². The molecule has 0 aromatic carbocycles. The Morgan fingerprint density at radius 1 is 0.439 bits per heavy atom. The smallest absolute Gasteiger partial charge is 0.132 e. The van der Waals surface area contributed by atoms with E-state index in [2.05, 4.69) is 59.8 Å². The number of carbonyl (C=O) groups excluding carboxylic acids is 1. The minimum atomic E-state index is 0.518. The van der Waals surface area contributed by atoms with Crippen LogP contribution in [-0.2, 0) is 9.53 Å². The number of hydrogen-bond acceptors (Lipinski definition) is 3. The number of carbonyl (C=O) groups is 1. The standard InChI is InChI=1S/C54H105NO2/c1-9-13-23-36-51(37-24-14-10-2)40-31-32-44-54(56)43-30-22-18-21-29-42-53(48-49(5)34-33-46-55(7)8)41-28-20-17-19-27-35-50(6)57-47-45-52(38-25-15-11-3)39-26-16-12-4/h51-53H,5-6,9-48H2,1-4,7-8H3. The van der Waals surface area contributed by atoms with Gasteiger partial charge in [-0.05, 0) is 83.3 Å². The summed E-state index contributed by atoms with van der Waals surface area (Å²) in [7, 11) is 4.35. The van der Waals surface area contributed by atoms with Crippen molar-refractivity contribution >= 4 is 5.78 Å². The van der Waals surface area contributed by atoms with Crippen molar-refractivity contribution in [3.05, 3.63) is 24.5 Å². The summed E-state index contributed by atoms with van der Waals surface area (Å²) in [6.07, 6.45) is 48.6. The number of rotatable bonds is 47. The molecule has 0 N–H and O–H groups in total. The van der Waals surface area contributed by atoms with Gasteiger partial charge in [0.15, 0.2) is 0 Å². The molecule has 0 spiro atoms. The number of unbranched alkanes of at least 4 members (excludes halogenated alkanes) is 17. The first-order valence-electron chi connectivity index (χ1n) is 25.9. The molecule has 0 fully saturated rings. The zero-order valence-electron chi connectivity index (χ0n) is 40.2. The molecule has 338 valence electrons. The Hall–Kier alpha value is -1.09. The van der Waals surface area contributed by atoms with Crippen molar-refractivity contribution in [1.82, 2.24) is 4.90 Å². The number of hydrogen-bond donors (Lipinski definition) is 0. The molecule has 0 aromatic rings. The van der Waals surface area contributed by atoms with E-state index in [0.29, 0.717) is 5.78 Å². The minimum absolute atomic E-state index is 0.518. The normalized spacial score (nSPS) is 12.3. The van der Waals surface area contributed by atoms with E-state index >= 15 is 0 Å². The quantitative estimate of drug-likeness (QED) is 0.0349. The highest BCUT2D eigenvalue weighted by molar-refractivity contribution is 5.78. The first-order chi connectivity index (χ1) is 27.7. The van der Waals surface area contributed by atoms with Gasteiger partial charge in [-0.15, -0.1) is 0 Å². The summed E-state index contributed by atoms with van der Waals surface area (Å²) in [6, 6.07) is 0. The van der Waals surface area contributed by atoms with Crippen LogP contribution in [0.2, 0.25) is 0 Å². The lowest BCUT2D eigenvalue weighted by Crippen LogP contribution is -2.13. The molecule has 3 nitrogen and oxygen atoms in total. The highest BCUT2D eigenvalue weighted by Crippen LogP contribution is 2.28. The average Bonchev–Trinajstić information content (AvgIpc) is 3.18. The number of ether oxygens (including phenoxy) is 1. The summed E-state index contributed by atoms with van der Waals surface area (Å²) in [5, 5.41) is 0. The van der Waals surface area contributed by atoms with Gasteiger partial charge in [-0.25, -0.2) is 0 Å². The Balaban J connectivity index is 4.32. The lowest BCUT2D eigenvalue weighted by molar-refractivity contribution is -0.119. The molecule has 1 atom stereocenters. The highest BCUT2D eigenvalue weighted by Gasteiger charge is 2.13. The topological polar surface area (TPSA) is 29.5 Å². The Labute approximate surface area is 360 Å². The van der Waals surface area contributed by atoms with Crippen LogP contribution in [0, 0.1) is 17.8 Å². The molecule has 0 saturated heterocycles. The second kappa shape index (κ2) is 43.0. The van der Waals surface area contributed by atoms with Crippen LogP contribution in [0.5, 0.6) is 0 Å². The van der Waals surface area contributed by atoms with Gasteiger partial charge in [0, 0.05) is 19.3 Å². The van der Waals surface area contributed by atoms with Crippen LogP contribution in [0.4, 0.5) is 0 Å². The molecule has 0 bridgehead atoms. The SMILES string of the molecule is C=C(CCCN(C)C)CC(CCCCCCCC(=C)OCCC(CCCCC)CCCCC)CCCCCCCC(=O)CCCCC(CCCCC)CCCCC. The largest absolute Gasteiger partial charge is 0.499 e. The molecule has 0 aromatic heterocycles. The molecule has 0 heterocycles. The molecule has 0 radical (unpaired) electrons. The number of nitrogens with zero attached hydrogens (tertiary/aromatic N) is 1. The predicted molar refractivity (Wildman–Crippen MR) is 256 cm³/mol. The predicted octanol–water partition coefficient (Wildman–Crippen LogP) is 18.0. The van der Waals surface area contributed by atoms with Crippen LogP contribution in [0.3, 0.4) is 0 Å². The van der Waals surface area contributed by atoms with Crippen LogP contribution in [0.1, 0.15) is 272 Å². The van der Waals surface area contributed by atoms with Crippen molar-refractivity contribution in [3.8, 4) is 0 Å². The van der Waals surface area contributed by atoms with Crippen molar-refractivity contribution in [1.29, 1.82) is 0 Å². The molecule has 57 heavy (non-hydrogen) atoms. The average molecular weight is 800 g/mol. The third kappa shape index (κ3) is 40.1. The van der Waals surface area contributed by atoms with Crippen LogP contribution in [0.25, 0.3) is 0 Å². The zero-order chi connectivity index (χ0) is 42.0. The van der Waals surface area contributed by atoms with E-state index in [1.807, 2.05) is 0 Å². The fourth-order valence-corrected chi connectivity index (χ4v) is 9.00. The molecule has 3 heteroatoms. The summed E-state index contributed by atoms with van der Waals surface area (Å²) < 4.78 is 6.13. The number of allylic oxidation sites excluding steroid dienone is 2. The Morgan fingerprint density at radius 2 is 0.807 bits per heavy atom. The van der Waals surface area contributed by atoms with Crippen molar-refractivity contribution in [2.24, 2.45) is 17.8 Å². The van der Waals surface area contributed by atoms with E-state index in [-0.39, 0.29) is 0 Å². The van der Waals surface area contributed by atoms with Gasteiger partial charge in [0.25, 0.3) is 0 Å². The Bertz CT molecular complexity index is 859. The van der Waals surface area contributed by atoms with Gasteiger partial charge in [-0.2, -0.15) is 0 Å². The summed E-state index contributed by atoms with van der Waals surface area (Å²) >= 11 is 0. The molecule has 0 aliphatic carbocycles. The monoisotopic (exact) mass is 800 g/mol. The van der Waals surface area contributed by atoms with E-state index in [4.69, 9.17) is 4.74 Å². The fraction of sp³-hybridized carbons (Fsp3) is 0.907. The zero-order valence-corrected chi connectivity index (χ0v) is 40.2. The van der Waals surface area contributed by atoms with Crippen molar-refractivity contribution in [2.75, 3.05) is 27.2 Å². The molecule has 0 aliphatic heterocycles. The first kappa shape index (κ1) is 55.9. The highest BCUT2D eigenvalue weighted by atomic mass is 16.5. The number of Topliss-reactive ketones (excluding diaryl/α,β-unsaturated/α-hetero) is 1. The molecule has 1 unspecified atom stereocenters. The van der Waals surface area contributed by atoms with Gasteiger partial charge in [-0.3, -0.25) is 4.79 Å². The molecular formula is C54H105NO2. The molecule has 0 rings (SSSR count). The first-order valence-corrected chi connectivity index (χ1v) is 25.9. The van der Waals surface area contributed by atoms with E-state index in [0.717, 1.165) is 68.8 Å². The molecule has 0 saturated carbocycles. The van der Waals surface area contributed by atoms with Crippen LogP contribution >= 0.6 is 0 Å². The lowest BCUT2D eigenvalue weighted by Gasteiger charge is -2.19.